The minimum absolute atomic E-state index is 0.0228. The van der Waals surface area contributed by atoms with E-state index in [1.807, 2.05) is 66.4 Å². The third kappa shape index (κ3) is 4.98. The van der Waals surface area contributed by atoms with Crippen LogP contribution in [0.3, 0.4) is 0 Å². The van der Waals surface area contributed by atoms with Gasteiger partial charge in [0.1, 0.15) is 5.01 Å². The quantitative estimate of drug-likeness (QED) is 0.417. The highest BCUT2D eigenvalue weighted by Gasteiger charge is 2.21. The lowest BCUT2D eigenvalue weighted by Crippen LogP contribution is -2.48. The lowest BCUT2D eigenvalue weighted by Gasteiger charge is -2.34. The normalized spacial score (nSPS) is 14.8. The number of fused-ring (bicyclic) bond motifs is 1. The second-order valence-electron chi connectivity index (χ2n) is 8.40. The van der Waals surface area contributed by atoms with Crippen molar-refractivity contribution in [3.8, 4) is 10.6 Å². The summed E-state index contributed by atoms with van der Waals surface area (Å²) >= 11 is 1.42. The van der Waals surface area contributed by atoms with Gasteiger partial charge in [0.2, 0.25) is 10.9 Å². The van der Waals surface area contributed by atoms with E-state index in [4.69, 9.17) is 4.98 Å². The fourth-order valence-corrected chi connectivity index (χ4v) is 4.94. The van der Waals surface area contributed by atoms with Gasteiger partial charge in [-0.05, 0) is 24.6 Å². The Bertz CT molecular complexity index is 1400. The van der Waals surface area contributed by atoms with Crippen molar-refractivity contribution in [2.45, 2.75) is 13.5 Å². The molecule has 2 aromatic carbocycles. The van der Waals surface area contributed by atoms with Crippen LogP contribution in [0.25, 0.3) is 21.6 Å². The second kappa shape index (κ2) is 9.70. The van der Waals surface area contributed by atoms with E-state index in [1.54, 1.807) is 12.1 Å². The number of nitrogens with zero attached hydrogens (tertiary/aromatic N) is 5. The number of aryl methyl sites for hydroxylation is 1. The van der Waals surface area contributed by atoms with Crippen LogP contribution in [0.4, 0.5) is 0 Å². The van der Waals surface area contributed by atoms with Gasteiger partial charge in [0, 0.05) is 50.4 Å². The minimum Gasteiger partial charge on any atom is -0.337 e. The number of amides is 1. The molecule has 2 aromatic heterocycles. The van der Waals surface area contributed by atoms with E-state index in [1.165, 1.54) is 15.9 Å². The molecule has 8 heteroatoms. The predicted octanol–water partition coefficient (Wildman–Crippen LogP) is 3.48. The largest absolute Gasteiger partial charge is 0.337 e. The van der Waals surface area contributed by atoms with Gasteiger partial charge in [0.15, 0.2) is 0 Å². The summed E-state index contributed by atoms with van der Waals surface area (Å²) in [7, 11) is 0. The van der Waals surface area contributed by atoms with Gasteiger partial charge in [-0.15, -0.1) is 0 Å². The smallest absolute Gasteiger partial charge is 0.275 e. The zero-order valence-electron chi connectivity index (χ0n) is 18.9. The average molecular weight is 472 g/mol. The maximum absolute atomic E-state index is 12.7. The SMILES string of the molecule is Cc1cccc(-c2nn3c(=O)cc(CN4CCN(C(=O)C=Cc5ccccc5)CC4)nc3s2)c1. The van der Waals surface area contributed by atoms with Gasteiger partial charge in [-0.25, -0.2) is 4.98 Å². The number of piperazine rings is 1. The highest BCUT2D eigenvalue weighted by Crippen LogP contribution is 2.25. The van der Waals surface area contributed by atoms with E-state index >= 15 is 0 Å². The standard InChI is InChI=1S/C26H25N5O2S/c1-19-6-5-9-21(16-19)25-28-31-24(33)17-22(27-26(31)34-25)18-29-12-14-30(15-13-29)23(32)11-10-20-7-3-2-4-8-20/h2-11,16-17H,12-15,18H2,1H3. The van der Waals surface area contributed by atoms with Crippen molar-refractivity contribution >= 4 is 28.3 Å². The predicted molar refractivity (Wildman–Crippen MR) is 135 cm³/mol. The molecule has 1 fully saturated rings. The molecule has 0 unspecified atom stereocenters. The number of carbonyl (C=O) groups excluding carboxylic acids is 1. The van der Waals surface area contributed by atoms with Crippen molar-refractivity contribution in [2.24, 2.45) is 0 Å². The summed E-state index contributed by atoms with van der Waals surface area (Å²) in [4.78, 5) is 34.6. The van der Waals surface area contributed by atoms with Crippen LogP contribution >= 0.6 is 11.3 Å². The highest BCUT2D eigenvalue weighted by atomic mass is 32.1. The summed E-state index contributed by atoms with van der Waals surface area (Å²) in [6, 6.07) is 19.4. The molecule has 172 valence electrons. The Labute approximate surface area is 201 Å². The highest BCUT2D eigenvalue weighted by molar-refractivity contribution is 7.19. The van der Waals surface area contributed by atoms with Crippen LogP contribution in [0.2, 0.25) is 0 Å². The maximum Gasteiger partial charge on any atom is 0.275 e. The molecule has 4 aromatic rings. The van der Waals surface area contributed by atoms with Gasteiger partial charge in [-0.2, -0.15) is 9.61 Å². The van der Waals surface area contributed by atoms with Crippen molar-refractivity contribution in [1.29, 1.82) is 0 Å². The Balaban J connectivity index is 1.23. The Morgan fingerprint density at radius 1 is 1.03 bits per heavy atom. The first-order valence-corrected chi connectivity index (χ1v) is 12.1. The van der Waals surface area contributed by atoms with E-state index in [-0.39, 0.29) is 11.5 Å². The molecule has 1 aliphatic rings. The van der Waals surface area contributed by atoms with Gasteiger partial charge in [0.05, 0.1) is 5.69 Å². The summed E-state index contributed by atoms with van der Waals surface area (Å²) in [5.74, 6) is 0.0228. The molecular weight excluding hydrogens is 446 g/mol. The molecule has 3 heterocycles. The first-order chi connectivity index (χ1) is 16.5. The van der Waals surface area contributed by atoms with Crippen LogP contribution in [0.15, 0.2) is 71.5 Å². The lowest BCUT2D eigenvalue weighted by atomic mass is 10.1. The van der Waals surface area contributed by atoms with Crippen LogP contribution in [0, 0.1) is 6.92 Å². The molecule has 0 aliphatic carbocycles. The Morgan fingerprint density at radius 2 is 1.82 bits per heavy atom. The van der Waals surface area contributed by atoms with Gasteiger partial charge in [-0.1, -0.05) is 65.4 Å². The Morgan fingerprint density at radius 3 is 2.59 bits per heavy atom. The first-order valence-electron chi connectivity index (χ1n) is 11.3. The molecule has 1 amide bonds. The van der Waals surface area contributed by atoms with Crippen molar-refractivity contribution in [1.82, 2.24) is 24.4 Å². The molecule has 0 atom stereocenters. The third-order valence-corrected chi connectivity index (χ3v) is 6.81. The van der Waals surface area contributed by atoms with Crippen LogP contribution in [0.5, 0.6) is 0 Å². The van der Waals surface area contributed by atoms with Gasteiger partial charge >= 0.3 is 0 Å². The molecule has 0 spiro atoms. The molecule has 0 N–H and O–H groups in total. The zero-order chi connectivity index (χ0) is 23.5. The van der Waals surface area contributed by atoms with Crippen LogP contribution < -0.4 is 5.56 Å². The number of hydrogen-bond donors (Lipinski definition) is 0. The second-order valence-corrected chi connectivity index (χ2v) is 9.36. The van der Waals surface area contributed by atoms with Crippen molar-refractivity contribution < 1.29 is 4.79 Å². The molecule has 0 saturated carbocycles. The van der Waals surface area contributed by atoms with Gasteiger partial charge in [-0.3, -0.25) is 14.5 Å². The Kier molecular flexibility index (Phi) is 6.33. The number of carbonyl (C=O) groups is 1. The number of hydrogen-bond acceptors (Lipinski definition) is 6. The minimum atomic E-state index is -0.171. The molecule has 0 radical (unpaired) electrons. The molecule has 34 heavy (non-hydrogen) atoms. The average Bonchev–Trinajstić information content (AvgIpc) is 3.29. The number of aromatic nitrogens is 3. The van der Waals surface area contributed by atoms with Crippen LogP contribution in [-0.4, -0.2) is 56.5 Å². The topological polar surface area (TPSA) is 70.8 Å². The van der Waals surface area contributed by atoms with Crippen LogP contribution in [0.1, 0.15) is 16.8 Å². The summed E-state index contributed by atoms with van der Waals surface area (Å²) < 4.78 is 1.38. The maximum atomic E-state index is 12.7. The van der Waals surface area contributed by atoms with Crippen molar-refractivity contribution in [3.63, 3.8) is 0 Å². The molecule has 1 saturated heterocycles. The van der Waals surface area contributed by atoms with Gasteiger partial charge < -0.3 is 4.90 Å². The molecular formula is C26H25N5O2S. The van der Waals surface area contributed by atoms with E-state index in [9.17, 15) is 9.59 Å². The van der Waals surface area contributed by atoms with E-state index in [0.717, 1.165) is 40.5 Å². The van der Waals surface area contributed by atoms with E-state index in [2.05, 4.69) is 16.1 Å². The fraction of sp³-hybridized carbons (Fsp3) is 0.231. The van der Waals surface area contributed by atoms with E-state index in [0.29, 0.717) is 24.6 Å². The number of rotatable bonds is 5. The molecule has 1 aliphatic heterocycles. The fourth-order valence-electron chi connectivity index (χ4n) is 4.02. The molecule has 5 rings (SSSR count). The first kappa shape index (κ1) is 22.2. The molecule has 0 bridgehead atoms. The zero-order valence-corrected chi connectivity index (χ0v) is 19.7. The summed E-state index contributed by atoms with van der Waals surface area (Å²) in [5, 5.41) is 5.26. The monoisotopic (exact) mass is 471 g/mol. The third-order valence-electron chi connectivity index (χ3n) is 5.85. The summed E-state index contributed by atoms with van der Waals surface area (Å²) in [6.45, 7) is 5.39. The van der Waals surface area contributed by atoms with E-state index < -0.39 is 0 Å². The molecule has 7 nitrogen and oxygen atoms in total. The lowest BCUT2D eigenvalue weighted by molar-refractivity contribution is -0.127. The van der Waals surface area contributed by atoms with Crippen LogP contribution in [-0.2, 0) is 11.3 Å². The van der Waals surface area contributed by atoms with Crippen molar-refractivity contribution in [2.75, 3.05) is 26.2 Å². The summed E-state index contributed by atoms with van der Waals surface area (Å²) in [6.07, 6.45) is 3.48. The van der Waals surface area contributed by atoms with Crippen molar-refractivity contribution in [3.05, 3.63) is 93.9 Å². The summed E-state index contributed by atoms with van der Waals surface area (Å²) in [5.41, 5.74) is 3.70. The van der Waals surface area contributed by atoms with Gasteiger partial charge in [0.25, 0.3) is 5.56 Å². The Hall–Kier alpha value is -3.62. The number of benzene rings is 2.